The summed E-state index contributed by atoms with van der Waals surface area (Å²) in [6.45, 7) is 2.48. The lowest BCUT2D eigenvalue weighted by atomic mass is 10.1. The first-order valence-electron chi connectivity index (χ1n) is 8.64. The molecule has 0 radical (unpaired) electrons. The Balaban J connectivity index is 1.59. The molecule has 1 aliphatic heterocycles. The smallest absolute Gasteiger partial charge is 0.255 e. The number of hydrogen-bond donors (Lipinski definition) is 3. The van der Waals surface area contributed by atoms with E-state index in [-0.39, 0.29) is 6.04 Å². The SMILES string of the molecule is CC(NC(=O)C(O)C(O)C(=O)N1Cc2ccccc2C1)c1ccc(Br)cc1. The van der Waals surface area contributed by atoms with Gasteiger partial charge in [-0.3, -0.25) is 9.59 Å². The third-order valence-corrected chi connectivity index (χ3v) is 5.23. The van der Waals surface area contributed by atoms with Crippen LogP contribution in [0.1, 0.15) is 29.7 Å². The van der Waals surface area contributed by atoms with Crippen molar-refractivity contribution in [1.29, 1.82) is 0 Å². The van der Waals surface area contributed by atoms with Crippen LogP contribution in [0.2, 0.25) is 0 Å². The molecule has 0 saturated carbocycles. The van der Waals surface area contributed by atoms with Crippen molar-refractivity contribution in [3.05, 3.63) is 69.7 Å². The van der Waals surface area contributed by atoms with Gasteiger partial charge in [0.15, 0.2) is 12.2 Å². The Bertz CT molecular complexity index is 815. The van der Waals surface area contributed by atoms with Gasteiger partial charge in [-0.15, -0.1) is 0 Å². The maximum Gasteiger partial charge on any atom is 0.255 e. The summed E-state index contributed by atoms with van der Waals surface area (Å²) in [5.41, 5.74) is 2.84. The number of aliphatic hydroxyl groups excluding tert-OH is 2. The maximum atomic E-state index is 12.5. The average molecular weight is 433 g/mol. The van der Waals surface area contributed by atoms with Gasteiger partial charge < -0.3 is 20.4 Å². The third-order valence-electron chi connectivity index (χ3n) is 4.70. The van der Waals surface area contributed by atoms with Crippen molar-refractivity contribution in [3.63, 3.8) is 0 Å². The van der Waals surface area contributed by atoms with Gasteiger partial charge in [0.2, 0.25) is 0 Å². The van der Waals surface area contributed by atoms with Crippen molar-refractivity contribution in [2.45, 2.75) is 38.3 Å². The van der Waals surface area contributed by atoms with E-state index in [1.54, 1.807) is 6.92 Å². The van der Waals surface area contributed by atoms with E-state index in [2.05, 4.69) is 21.2 Å². The van der Waals surface area contributed by atoms with E-state index in [0.717, 1.165) is 21.2 Å². The van der Waals surface area contributed by atoms with E-state index < -0.39 is 24.0 Å². The Morgan fingerprint density at radius 3 is 2.11 bits per heavy atom. The lowest BCUT2D eigenvalue weighted by Crippen LogP contribution is -2.50. The van der Waals surface area contributed by atoms with Gasteiger partial charge in [0.25, 0.3) is 11.8 Å². The van der Waals surface area contributed by atoms with Gasteiger partial charge >= 0.3 is 0 Å². The topological polar surface area (TPSA) is 89.9 Å². The highest BCUT2D eigenvalue weighted by atomic mass is 79.9. The van der Waals surface area contributed by atoms with Gasteiger partial charge in [-0.05, 0) is 35.7 Å². The second kappa shape index (κ2) is 8.21. The molecule has 3 atom stereocenters. The van der Waals surface area contributed by atoms with Gasteiger partial charge in [0, 0.05) is 17.6 Å². The standard InChI is InChI=1S/C20H21BrN2O4/c1-12(13-6-8-16(21)9-7-13)22-19(26)17(24)18(25)20(27)23-10-14-4-2-3-5-15(14)11-23/h2-9,12,17-18,24-25H,10-11H2,1H3,(H,22,26). The highest BCUT2D eigenvalue weighted by molar-refractivity contribution is 9.10. The first kappa shape index (κ1) is 19.5. The van der Waals surface area contributed by atoms with Gasteiger partial charge in [0.1, 0.15) is 0 Å². The highest BCUT2D eigenvalue weighted by Gasteiger charge is 2.35. The van der Waals surface area contributed by atoms with E-state index in [1.165, 1.54) is 4.90 Å². The van der Waals surface area contributed by atoms with Crippen LogP contribution in [0.5, 0.6) is 0 Å². The summed E-state index contributed by atoms with van der Waals surface area (Å²) >= 11 is 3.34. The van der Waals surface area contributed by atoms with Crippen molar-refractivity contribution in [2.75, 3.05) is 0 Å². The van der Waals surface area contributed by atoms with E-state index in [1.807, 2.05) is 48.5 Å². The zero-order chi connectivity index (χ0) is 19.6. The molecule has 27 heavy (non-hydrogen) atoms. The summed E-state index contributed by atoms with van der Waals surface area (Å²) in [5, 5.41) is 23.0. The van der Waals surface area contributed by atoms with Gasteiger partial charge in [-0.2, -0.15) is 0 Å². The van der Waals surface area contributed by atoms with Crippen molar-refractivity contribution in [2.24, 2.45) is 0 Å². The molecule has 3 rings (SSSR count). The molecule has 1 heterocycles. The molecule has 3 N–H and O–H groups in total. The van der Waals surface area contributed by atoms with Crippen LogP contribution in [0.4, 0.5) is 0 Å². The number of nitrogens with zero attached hydrogens (tertiary/aromatic N) is 1. The van der Waals surface area contributed by atoms with Crippen LogP contribution >= 0.6 is 15.9 Å². The van der Waals surface area contributed by atoms with Crippen LogP contribution in [-0.2, 0) is 22.7 Å². The number of rotatable bonds is 5. The minimum absolute atomic E-state index is 0.357. The number of benzene rings is 2. The molecular weight excluding hydrogens is 412 g/mol. The fourth-order valence-electron chi connectivity index (χ4n) is 3.09. The van der Waals surface area contributed by atoms with Crippen LogP contribution < -0.4 is 5.32 Å². The Morgan fingerprint density at radius 2 is 1.56 bits per heavy atom. The molecule has 6 nitrogen and oxygen atoms in total. The Hall–Kier alpha value is -2.22. The zero-order valence-corrected chi connectivity index (χ0v) is 16.4. The quantitative estimate of drug-likeness (QED) is 0.672. The number of nitrogens with one attached hydrogen (secondary N) is 1. The summed E-state index contributed by atoms with van der Waals surface area (Å²) in [6.07, 6.45) is -3.64. The van der Waals surface area contributed by atoms with E-state index in [0.29, 0.717) is 13.1 Å². The molecule has 2 aromatic rings. The molecule has 7 heteroatoms. The van der Waals surface area contributed by atoms with Crippen LogP contribution in [0.15, 0.2) is 53.0 Å². The summed E-state index contributed by atoms with van der Waals surface area (Å²) in [5.74, 6) is -1.45. The van der Waals surface area contributed by atoms with Crippen LogP contribution in [-0.4, -0.2) is 39.1 Å². The molecule has 0 spiro atoms. The Labute approximate surface area is 165 Å². The van der Waals surface area contributed by atoms with Crippen molar-refractivity contribution >= 4 is 27.7 Å². The van der Waals surface area contributed by atoms with Crippen LogP contribution in [0.25, 0.3) is 0 Å². The molecule has 142 valence electrons. The molecule has 2 amide bonds. The zero-order valence-electron chi connectivity index (χ0n) is 14.8. The number of carbonyl (C=O) groups is 2. The normalized spacial score (nSPS) is 16.4. The molecule has 0 fully saturated rings. The lowest BCUT2D eigenvalue weighted by Gasteiger charge is -2.24. The average Bonchev–Trinajstić information content (AvgIpc) is 3.10. The third kappa shape index (κ3) is 4.37. The van der Waals surface area contributed by atoms with Gasteiger partial charge in [-0.25, -0.2) is 0 Å². The number of aliphatic hydroxyl groups is 2. The molecule has 3 unspecified atom stereocenters. The molecule has 0 bridgehead atoms. The predicted octanol–water partition coefficient (Wildman–Crippen LogP) is 1.89. The Morgan fingerprint density at radius 1 is 1.00 bits per heavy atom. The predicted molar refractivity (Wildman–Crippen MR) is 103 cm³/mol. The number of fused-ring (bicyclic) bond motifs is 1. The molecule has 0 aliphatic carbocycles. The number of hydrogen-bond acceptors (Lipinski definition) is 4. The first-order chi connectivity index (χ1) is 12.9. The molecule has 2 aromatic carbocycles. The molecule has 1 aliphatic rings. The fraction of sp³-hybridized carbons (Fsp3) is 0.300. The van der Waals surface area contributed by atoms with Crippen LogP contribution in [0, 0.1) is 0 Å². The second-order valence-corrected chi connectivity index (χ2v) is 7.55. The van der Waals surface area contributed by atoms with Gasteiger partial charge in [0.05, 0.1) is 6.04 Å². The minimum Gasteiger partial charge on any atom is -0.380 e. The second-order valence-electron chi connectivity index (χ2n) is 6.63. The van der Waals surface area contributed by atoms with Crippen molar-refractivity contribution in [1.82, 2.24) is 10.2 Å². The number of carbonyl (C=O) groups excluding carboxylic acids is 2. The minimum atomic E-state index is -1.83. The van der Waals surface area contributed by atoms with E-state index >= 15 is 0 Å². The largest absolute Gasteiger partial charge is 0.380 e. The Kier molecular flexibility index (Phi) is 5.94. The molecule has 0 aromatic heterocycles. The highest BCUT2D eigenvalue weighted by Crippen LogP contribution is 2.23. The summed E-state index contributed by atoms with van der Waals surface area (Å²) in [6, 6.07) is 14.6. The maximum absolute atomic E-state index is 12.5. The van der Waals surface area contributed by atoms with Gasteiger partial charge in [-0.1, -0.05) is 52.3 Å². The van der Waals surface area contributed by atoms with E-state index in [9.17, 15) is 19.8 Å². The number of amides is 2. The van der Waals surface area contributed by atoms with E-state index in [4.69, 9.17) is 0 Å². The van der Waals surface area contributed by atoms with Crippen LogP contribution in [0.3, 0.4) is 0 Å². The summed E-state index contributed by atoms with van der Waals surface area (Å²) in [4.78, 5) is 26.2. The van der Waals surface area contributed by atoms with Crippen molar-refractivity contribution < 1.29 is 19.8 Å². The number of halogens is 1. The summed E-state index contributed by atoms with van der Waals surface area (Å²) in [7, 11) is 0. The fourth-order valence-corrected chi connectivity index (χ4v) is 3.35. The summed E-state index contributed by atoms with van der Waals surface area (Å²) < 4.78 is 0.914. The first-order valence-corrected chi connectivity index (χ1v) is 9.43. The monoisotopic (exact) mass is 432 g/mol. The molecular formula is C20H21BrN2O4. The van der Waals surface area contributed by atoms with Crippen molar-refractivity contribution in [3.8, 4) is 0 Å². The lowest BCUT2D eigenvalue weighted by molar-refractivity contribution is -0.153. The molecule has 0 saturated heterocycles.